The Labute approximate surface area is 108 Å². The van der Waals surface area contributed by atoms with Gasteiger partial charge in [0.05, 0.1) is 0 Å². The minimum atomic E-state index is -0.861. The van der Waals surface area contributed by atoms with Crippen molar-refractivity contribution in [3.05, 3.63) is 51.4 Å². The van der Waals surface area contributed by atoms with Gasteiger partial charge in [-0.1, -0.05) is 23.7 Å². The number of aliphatic carboxylic acids is 1. The number of rotatable bonds is 4. The number of benzene rings is 1. The predicted molar refractivity (Wildman–Crippen MR) is 67.6 cm³/mol. The zero-order valence-corrected chi connectivity index (χ0v) is 10.4. The van der Waals surface area contributed by atoms with Gasteiger partial charge in [0.25, 0.3) is 0 Å². The van der Waals surface area contributed by atoms with Crippen LogP contribution in [0.1, 0.15) is 16.5 Å². The predicted octanol–water partition coefficient (Wildman–Crippen LogP) is 3.21. The van der Waals surface area contributed by atoms with Crippen molar-refractivity contribution in [1.82, 2.24) is 4.98 Å². The highest BCUT2D eigenvalue weighted by molar-refractivity contribution is 7.09. The van der Waals surface area contributed by atoms with Crippen LogP contribution in [-0.4, -0.2) is 16.1 Å². The van der Waals surface area contributed by atoms with E-state index in [2.05, 4.69) is 4.98 Å². The summed E-state index contributed by atoms with van der Waals surface area (Å²) in [4.78, 5) is 15.3. The van der Waals surface area contributed by atoms with E-state index in [0.717, 1.165) is 5.56 Å². The first kappa shape index (κ1) is 12.1. The smallest absolute Gasteiger partial charge is 0.313 e. The molecule has 1 atom stereocenters. The van der Waals surface area contributed by atoms with Crippen LogP contribution in [-0.2, 0) is 11.2 Å². The molecule has 5 heteroatoms. The van der Waals surface area contributed by atoms with Gasteiger partial charge in [0.2, 0.25) is 0 Å². The quantitative estimate of drug-likeness (QED) is 0.925. The second-order valence-corrected chi connectivity index (χ2v) is 4.96. The van der Waals surface area contributed by atoms with Gasteiger partial charge < -0.3 is 5.11 Å². The fraction of sp³-hybridized carbons (Fsp3) is 0.167. The Morgan fingerprint density at radius 2 is 2.35 bits per heavy atom. The van der Waals surface area contributed by atoms with Gasteiger partial charge in [0.15, 0.2) is 0 Å². The zero-order chi connectivity index (χ0) is 12.3. The van der Waals surface area contributed by atoms with Crippen molar-refractivity contribution in [1.29, 1.82) is 0 Å². The van der Waals surface area contributed by atoms with Gasteiger partial charge in [-0.3, -0.25) is 4.79 Å². The molecule has 3 nitrogen and oxygen atoms in total. The van der Waals surface area contributed by atoms with Crippen LogP contribution < -0.4 is 0 Å². The van der Waals surface area contributed by atoms with Crippen LogP contribution in [0, 0.1) is 0 Å². The SMILES string of the molecule is O=C(O)C(Cc1cccc(Cl)c1)c1nccs1. The first-order valence-electron chi connectivity index (χ1n) is 5.03. The van der Waals surface area contributed by atoms with Gasteiger partial charge in [0, 0.05) is 16.6 Å². The second kappa shape index (κ2) is 5.29. The molecule has 0 saturated heterocycles. The molecule has 2 rings (SSSR count). The van der Waals surface area contributed by atoms with Gasteiger partial charge in [0.1, 0.15) is 10.9 Å². The third-order valence-corrected chi connectivity index (χ3v) is 3.50. The monoisotopic (exact) mass is 267 g/mol. The number of aromatic nitrogens is 1. The molecular weight excluding hydrogens is 258 g/mol. The van der Waals surface area contributed by atoms with E-state index in [1.54, 1.807) is 23.7 Å². The first-order valence-corrected chi connectivity index (χ1v) is 6.29. The Morgan fingerprint density at radius 1 is 1.53 bits per heavy atom. The molecule has 0 radical (unpaired) electrons. The largest absolute Gasteiger partial charge is 0.481 e. The van der Waals surface area contributed by atoms with Crippen molar-refractivity contribution < 1.29 is 9.90 Å². The zero-order valence-electron chi connectivity index (χ0n) is 8.84. The summed E-state index contributed by atoms with van der Waals surface area (Å²) in [5.74, 6) is -1.46. The average Bonchev–Trinajstić information content (AvgIpc) is 2.78. The number of hydrogen-bond donors (Lipinski definition) is 1. The average molecular weight is 268 g/mol. The summed E-state index contributed by atoms with van der Waals surface area (Å²) < 4.78 is 0. The molecule has 88 valence electrons. The van der Waals surface area contributed by atoms with E-state index in [0.29, 0.717) is 16.5 Å². The normalized spacial score (nSPS) is 12.3. The van der Waals surface area contributed by atoms with Crippen LogP contribution in [0.3, 0.4) is 0 Å². The lowest BCUT2D eigenvalue weighted by Crippen LogP contribution is -2.14. The molecule has 0 amide bonds. The maximum absolute atomic E-state index is 11.2. The third kappa shape index (κ3) is 3.05. The number of hydrogen-bond acceptors (Lipinski definition) is 3. The van der Waals surface area contributed by atoms with Crippen molar-refractivity contribution in [2.45, 2.75) is 12.3 Å². The van der Waals surface area contributed by atoms with Gasteiger partial charge in [-0.15, -0.1) is 11.3 Å². The van der Waals surface area contributed by atoms with E-state index in [1.807, 2.05) is 12.1 Å². The molecule has 1 aromatic carbocycles. The molecule has 1 unspecified atom stereocenters. The number of halogens is 1. The highest BCUT2D eigenvalue weighted by atomic mass is 35.5. The fourth-order valence-electron chi connectivity index (χ4n) is 1.59. The number of nitrogens with zero attached hydrogens (tertiary/aromatic N) is 1. The summed E-state index contributed by atoms with van der Waals surface area (Å²) in [7, 11) is 0. The lowest BCUT2D eigenvalue weighted by atomic mass is 10.0. The van der Waals surface area contributed by atoms with E-state index in [1.165, 1.54) is 11.3 Å². The summed E-state index contributed by atoms with van der Waals surface area (Å²) in [6.45, 7) is 0. The van der Waals surface area contributed by atoms with Crippen molar-refractivity contribution in [2.75, 3.05) is 0 Å². The second-order valence-electron chi connectivity index (χ2n) is 3.60. The molecular formula is C12H10ClNO2S. The van der Waals surface area contributed by atoms with Crippen LogP contribution in [0.25, 0.3) is 0 Å². The summed E-state index contributed by atoms with van der Waals surface area (Å²) >= 11 is 7.23. The van der Waals surface area contributed by atoms with E-state index in [-0.39, 0.29) is 0 Å². The standard InChI is InChI=1S/C12H10ClNO2S/c13-9-3-1-2-8(6-9)7-10(12(15)16)11-14-4-5-17-11/h1-6,10H,7H2,(H,15,16). The summed E-state index contributed by atoms with van der Waals surface area (Å²) in [5, 5.41) is 12.2. The number of carboxylic acids is 1. The Morgan fingerprint density at radius 3 is 2.94 bits per heavy atom. The molecule has 17 heavy (non-hydrogen) atoms. The number of thiazole rings is 1. The Kier molecular flexibility index (Phi) is 3.76. The molecule has 0 aliphatic carbocycles. The van der Waals surface area contributed by atoms with Crippen molar-refractivity contribution in [2.24, 2.45) is 0 Å². The van der Waals surface area contributed by atoms with E-state index in [4.69, 9.17) is 11.6 Å². The number of carbonyl (C=O) groups is 1. The highest BCUT2D eigenvalue weighted by Gasteiger charge is 2.22. The minimum Gasteiger partial charge on any atom is -0.481 e. The summed E-state index contributed by atoms with van der Waals surface area (Å²) in [5.41, 5.74) is 0.903. The summed E-state index contributed by atoms with van der Waals surface area (Å²) in [6.07, 6.45) is 2.03. The van der Waals surface area contributed by atoms with Crippen LogP contribution >= 0.6 is 22.9 Å². The molecule has 0 bridgehead atoms. The highest BCUT2D eigenvalue weighted by Crippen LogP contribution is 2.24. The lowest BCUT2D eigenvalue weighted by molar-refractivity contribution is -0.138. The molecule has 0 aliphatic rings. The van der Waals surface area contributed by atoms with Gasteiger partial charge in [-0.25, -0.2) is 4.98 Å². The Balaban J connectivity index is 2.22. The lowest BCUT2D eigenvalue weighted by Gasteiger charge is -2.09. The Hall–Kier alpha value is -1.39. The van der Waals surface area contributed by atoms with E-state index >= 15 is 0 Å². The van der Waals surface area contributed by atoms with Crippen LogP contribution in [0.5, 0.6) is 0 Å². The van der Waals surface area contributed by atoms with Crippen LogP contribution in [0.2, 0.25) is 5.02 Å². The fourth-order valence-corrected chi connectivity index (χ4v) is 2.53. The molecule has 0 saturated carbocycles. The van der Waals surface area contributed by atoms with Crippen LogP contribution in [0.4, 0.5) is 0 Å². The van der Waals surface area contributed by atoms with Crippen molar-refractivity contribution in [3.63, 3.8) is 0 Å². The minimum absolute atomic E-state index is 0.406. The summed E-state index contributed by atoms with van der Waals surface area (Å²) in [6, 6.07) is 7.24. The van der Waals surface area contributed by atoms with Gasteiger partial charge >= 0.3 is 5.97 Å². The van der Waals surface area contributed by atoms with E-state index in [9.17, 15) is 9.90 Å². The number of carboxylic acid groups (broad SMARTS) is 1. The molecule has 0 fully saturated rings. The van der Waals surface area contributed by atoms with Crippen molar-refractivity contribution in [3.8, 4) is 0 Å². The molecule has 0 aliphatic heterocycles. The maximum atomic E-state index is 11.2. The Bertz CT molecular complexity index is 513. The van der Waals surface area contributed by atoms with Crippen LogP contribution in [0.15, 0.2) is 35.8 Å². The molecule has 2 aromatic rings. The van der Waals surface area contributed by atoms with Crippen molar-refractivity contribution >= 4 is 28.9 Å². The van der Waals surface area contributed by atoms with Gasteiger partial charge in [-0.05, 0) is 24.1 Å². The maximum Gasteiger partial charge on any atom is 0.313 e. The topological polar surface area (TPSA) is 50.2 Å². The third-order valence-electron chi connectivity index (χ3n) is 2.38. The van der Waals surface area contributed by atoms with Gasteiger partial charge in [-0.2, -0.15) is 0 Å². The molecule has 1 N–H and O–H groups in total. The molecule has 1 aromatic heterocycles. The molecule has 1 heterocycles. The first-order chi connectivity index (χ1) is 8.16. The van der Waals surface area contributed by atoms with E-state index < -0.39 is 11.9 Å². The molecule has 0 spiro atoms.